The lowest BCUT2D eigenvalue weighted by atomic mass is 10.2. The maximum Gasteiger partial charge on any atom is 0.360 e. The molecule has 0 spiro atoms. The summed E-state index contributed by atoms with van der Waals surface area (Å²) in [6.45, 7) is 2.27. The number of carbonyl (C=O) groups is 1. The van der Waals surface area contributed by atoms with Crippen molar-refractivity contribution in [1.82, 2.24) is 15.0 Å². The van der Waals surface area contributed by atoms with Crippen molar-refractivity contribution < 1.29 is 17.9 Å². The van der Waals surface area contributed by atoms with Crippen LogP contribution >= 0.6 is 0 Å². The van der Waals surface area contributed by atoms with Crippen LogP contribution in [0.5, 0.6) is 0 Å². The Labute approximate surface area is 118 Å². The third-order valence-corrected chi connectivity index (χ3v) is 4.56. The number of esters is 1. The zero-order chi connectivity index (χ0) is 15.2. The van der Waals surface area contributed by atoms with Crippen molar-refractivity contribution >= 4 is 15.8 Å². The van der Waals surface area contributed by atoms with Crippen molar-refractivity contribution in [2.75, 3.05) is 25.2 Å². The SMILES string of the molecule is CCCS(=O)(=O)CCn1nnc(C(=O)OC)c1CCN. The second-order valence-electron chi connectivity index (χ2n) is 4.29. The van der Waals surface area contributed by atoms with E-state index >= 15 is 0 Å². The third kappa shape index (κ3) is 4.27. The van der Waals surface area contributed by atoms with E-state index in [1.54, 1.807) is 0 Å². The molecular weight excluding hydrogens is 284 g/mol. The Hall–Kier alpha value is -1.48. The average Bonchev–Trinajstić information content (AvgIpc) is 2.79. The van der Waals surface area contributed by atoms with Gasteiger partial charge in [-0.1, -0.05) is 12.1 Å². The standard InChI is InChI=1S/C11H20N4O4S/c1-3-7-20(17,18)8-6-15-9(4-5-12)10(13-14-15)11(16)19-2/h3-8,12H2,1-2H3. The number of rotatable bonds is 8. The van der Waals surface area contributed by atoms with Crippen LogP contribution in [-0.4, -0.2) is 54.5 Å². The first kappa shape index (κ1) is 16.6. The monoisotopic (exact) mass is 304 g/mol. The Bertz CT molecular complexity index is 553. The van der Waals surface area contributed by atoms with E-state index in [9.17, 15) is 13.2 Å². The maximum atomic E-state index is 11.7. The molecule has 9 heteroatoms. The molecule has 0 atom stereocenters. The van der Waals surface area contributed by atoms with Crippen LogP contribution in [-0.2, 0) is 27.5 Å². The van der Waals surface area contributed by atoms with Gasteiger partial charge in [-0.25, -0.2) is 17.9 Å². The fourth-order valence-corrected chi connectivity index (χ4v) is 3.07. The number of nitrogens with zero attached hydrogens (tertiary/aromatic N) is 3. The van der Waals surface area contributed by atoms with Gasteiger partial charge in [0.05, 0.1) is 25.1 Å². The molecule has 1 aromatic rings. The van der Waals surface area contributed by atoms with Crippen molar-refractivity contribution in [3.63, 3.8) is 0 Å². The molecule has 0 saturated carbocycles. The van der Waals surface area contributed by atoms with Crippen molar-refractivity contribution in [3.05, 3.63) is 11.4 Å². The summed E-state index contributed by atoms with van der Waals surface area (Å²) in [6.07, 6.45) is 0.952. The molecule has 2 N–H and O–H groups in total. The van der Waals surface area contributed by atoms with Crippen molar-refractivity contribution in [3.8, 4) is 0 Å². The molecule has 0 fully saturated rings. The summed E-state index contributed by atoms with van der Waals surface area (Å²) in [6, 6.07) is 0. The molecule has 8 nitrogen and oxygen atoms in total. The summed E-state index contributed by atoms with van der Waals surface area (Å²) in [7, 11) is -1.86. The minimum atomic E-state index is -3.11. The fraction of sp³-hybridized carbons (Fsp3) is 0.727. The number of aromatic nitrogens is 3. The van der Waals surface area contributed by atoms with Crippen LogP contribution in [0, 0.1) is 0 Å². The molecule has 1 aromatic heterocycles. The average molecular weight is 304 g/mol. The van der Waals surface area contributed by atoms with E-state index < -0.39 is 15.8 Å². The molecule has 0 aromatic carbocycles. The van der Waals surface area contributed by atoms with Gasteiger partial charge in [-0.3, -0.25) is 0 Å². The lowest BCUT2D eigenvalue weighted by Crippen LogP contribution is -2.20. The van der Waals surface area contributed by atoms with E-state index in [2.05, 4.69) is 15.0 Å². The summed E-state index contributed by atoms with van der Waals surface area (Å²) in [4.78, 5) is 11.5. The van der Waals surface area contributed by atoms with E-state index in [1.165, 1.54) is 11.8 Å². The number of hydrogen-bond acceptors (Lipinski definition) is 7. The maximum absolute atomic E-state index is 11.7. The number of methoxy groups -OCH3 is 1. The molecule has 0 aliphatic carbocycles. The molecule has 0 radical (unpaired) electrons. The lowest BCUT2D eigenvalue weighted by Gasteiger charge is -2.07. The van der Waals surface area contributed by atoms with Crippen LogP contribution in [0.2, 0.25) is 0 Å². The lowest BCUT2D eigenvalue weighted by molar-refractivity contribution is 0.0592. The van der Waals surface area contributed by atoms with E-state index in [1.807, 2.05) is 6.92 Å². The summed E-state index contributed by atoms with van der Waals surface area (Å²) in [5.41, 5.74) is 6.08. The fourth-order valence-electron chi connectivity index (χ4n) is 1.79. The molecule has 0 bridgehead atoms. The first-order valence-corrected chi connectivity index (χ1v) is 8.18. The molecule has 1 heterocycles. The predicted molar refractivity (Wildman–Crippen MR) is 73.1 cm³/mol. The molecular formula is C11H20N4O4S. The first-order valence-electron chi connectivity index (χ1n) is 6.36. The highest BCUT2D eigenvalue weighted by atomic mass is 32.2. The summed E-state index contributed by atoms with van der Waals surface area (Å²) in [5.74, 6) is -0.503. The highest BCUT2D eigenvalue weighted by Gasteiger charge is 2.20. The van der Waals surface area contributed by atoms with Gasteiger partial charge in [-0.05, 0) is 13.0 Å². The van der Waals surface area contributed by atoms with E-state index in [-0.39, 0.29) is 23.7 Å². The molecule has 0 saturated heterocycles. The third-order valence-electron chi connectivity index (χ3n) is 2.73. The minimum Gasteiger partial charge on any atom is -0.464 e. The van der Waals surface area contributed by atoms with Gasteiger partial charge >= 0.3 is 5.97 Å². The van der Waals surface area contributed by atoms with Crippen LogP contribution in [0.15, 0.2) is 0 Å². The Balaban J connectivity index is 2.90. The molecule has 114 valence electrons. The van der Waals surface area contributed by atoms with Crippen molar-refractivity contribution in [2.24, 2.45) is 5.73 Å². The predicted octanol–water partition coefficient (Wildman–Crippen LogP) is -0.609. The van der Waals surface area contributed by atoms with Crippen molar-refractivity contribution in [1.29, 1.82) is 0 Å². The number of hydrogen-bond donors (Lipinski definition) is 1. The van der Waals surface area contributed by atoms with E-state index in [4.69, 9.17) is 5.73 Å². The van der Waals surface area contributed by atoms with Gasteiger partial charge < -0.3 is 10.5 Å². The summed E-state index contributed by atoms with van der Waals surface area (Å²) in [5, 5.41) is 7.55. The van der Waals surface area contributed by atoms with Crippen LogP contribution in [0.3, 0.4) is 0 Å². The smallest absolute Gasteiger partial charge is 0.360 e. The largest absolute Gasteiger partial charge is 0.464 e. The van der Waals surface area contributed by atoms with E-state index in [0.717, 1.165) is 0 Å². The van der Waals surface area contributed by atoms with Gasteiger partial charge in [-0.15, -0.1) is 5.10 Å². The molecule has 0 unspecified atom stereocenters. The first-order chi connectivity index (χ1) is 9.45. The highest BCUT2D eigenvalue weighted by Crippen LogP contribution is 2.08. The minimum absolute atomic E-state index is 0.0393. The van der Waals surface area contributed by atoms with Crippen LogP contribution in [0.1, 0.15) is 29.5 Å². The number of ether oxygens (including phenoxy) is 1. The summed E-state index contributed by atoms with van der Waals surface area (Å²) >= 11 is 0. The highest BCUT2D eigenvalue weighted by molar-refractivity contribution is 7.91. The number of aryl methyl sites for hydroxylation is 1. The summed E-state index contributed by atoms with van der Waals surface area (Å²) < 4.78 is 29.4. The van der Waals surface area contributed by atoms with Gasteiger partial charge in [0.1, 0.15) is 0 Å². The zero-order valence-electron chi connectivity index (χ0n) is 11.7. The Morgan fingerprint density at radius 2 is 2.10 bits per heavy atom. The Kier molecular flexibility index (Phi) is 6.08. The molecule has 0 amide bonds. The normalized spacial score (nSPS) is 11.6. The van der Waals surface area contributed by atoms with Gasteiger partial charge in [0, 0.05) is 12.2 Å². The topological polar surface area (TPSA) is 117 Å². The number of carbonyl (C=O) groups excluding carboxylic acids is 1. The number of nitrogens with two attached hydrogens (primary N) is 1. The molecule has 0 aliphatic rings. The quantitative estimate of drug-likeness (QED) is 0.637. The second-order valence-corrected chi connectivity index (χ2v) is 6.59. The van der Waals surface area contributed by atoms with Gasteiger partial charge in [0.15, 0.2) is 15.5 Å². The Morgan fingerprint density at radius 1 is 1.40 bits per heavy atom. The van der Waals surface area contributed by atoms with Crippen molar-refractivity contribution in [2.45, 2.75) is 26.3 Å². The Morgan fingerprint density at radius 3 is 2.65 bits per heavy atom. The van der Waals surface area contributed by atoms with Gasteiger partial charge in [0.2, 0.25) is 0 Å². The van der Waals surface area contributed by atoms with Gasteiger partial charge in [0.25, 0.3) is 0 Å². The molecule has 0 aliphatic heterocycles. The molecule has 20 heavy (non-hydrogen) atoms. The zero-order valence-corrected chi connectivity index (χ0v) is 12.5. The van der Waals surface area contributed by atoms with E-state index in [0.29, 0.717) is 25.1 Å². The second kappa shape index (κ2) is 7.34. The van der Waals surface area contributed by atoms with Crippen LogP contribution in [0.4, 0.5) is 0 Å². The van der Waals surface area contributed by atoms with Crippen LogP contribution in [0.25, 0.3) is 0 Å². The molecule has 1 rings (SSSR count). The number of sulfone groups is 1. The van der Waals surface area contributed by atoms with Gasteiger partial charge in [-0.2, -0.15) is 0 Å². The van der Waals surface area contributed by atoms with Crippen LogP contribution < -0.4 is 5.73 Å².